The number of benzene rings is 2. The molecule has 0 aromatic heterocycles. The summed E-state index contributed by atoms with van der Waals surface area (Å²) in [5.74, 6) is -2.26. The quantitative estimate of drug-likeness (QED) is 0.855. The van der Waals surface area contributed by atoms with Crippen LogP contribution in [0.25, 0.3) is 11.1 Å². The van der Waals surface area contributed by atoms with Crippen LogP contribution in [-0.4, -0.2) is 16.2 Å². The van der Waals surface area contributed by atoms with Crippen molar-refractivity contribution in [3.8, 4) is 16.9 Å². The zero-order valence-corrected chi connectivity index (χ0v) is 9.64. The standard InChI is InChI=1S/C14H11FO3/c1-8-9(4-2-5-10(8)14(17)18)11-6-3-7-12(16)13(11)15/h2-7,16H,1H3,(H,17,18). The maximum absolute atomic E-state index is 13.8. The molecule has 3 nitrogen and oxygen atoms in total. The second kappa shape index (κ2) is 4.49. The van der Waals surface area contributed by atoms with Gasteiger partial charge in [-0.05, 0) is 30.2 Å². The minimum Gasteiger partial charge on any atom is -0.505 e. The van der Waals surface area contributed by atoms with Crippen LogP contribution in [-0.2, 0) is 0 Å². The topological polar surface area (TPSA) is 57.5 Å². The fraction of sp³-hybridized carbons (Fsp3) is 0.0714. The van der Waals surface area contributed by atoms with Gasteiger partial charge in [0.2, 0.25) is 0 Å². The smallest absolute Gasteiger partial charge is 0.335 e. The molecule has 4 heteroatoms. The van der Waals surface area contributed by atoms with E-state index in [1.54, 1.807) is 19.1 Å². The Morgan fingerprint density at radius 3 is 2.39 bits per heavy atom. The van der Waals surface area contributed by atoms with E-state index >= 15 is 0 Å². The Bertz CT molecular complexity index is 620. The number of aromatic carboxylic acids is 1. The molecule has 0 fully saturated rings. The maximum atomic E-state index is 13.8. The second-order valence-corrected chi connectivity index (χ2v) is 3.92. The summed E-state index contributed by atoms with van der Waals surface area (Å²) in [5.41, 5.74) is 1.24. The number of hydrogen-bond donors (Lipinski definition) is 2. The minimum atomic E-state index is -1.06. The summed E-state index contributed by atoms with van der Waals surface area (Å²) in [5, 5.41) is 18.4. The van der Waals surface area contributed by atoms with Gasteiger partial charge in [-0.1, -0.05) is 24.3 Å². The molecule has 0 amide bonds. The fourth-order valence-corrected chi connectivity index (χ4v) is 1.89. The molecule has 2 rings (SSSR count). The molecule has 18 heavy (non-hydrogen) atoms. The predicted molar refractivity (Wildman–Crippen MR) is 65.2 cm³/mol. The summed E-state index contributed by atoms with van der Waals surface area (Å²) in [7, 11) is 0. The third-order valence-electron chi connectivity index (χ3n) is 2.83. The van der Waals surface area contributed by atoms with Gasteiger partial charge in [0.05, 0.1) is 5.56 Å². The van der Waals surface area contributed by atoms with Gasteiger partial charge in [0.25, 0.3) is 0 Å². The first-order chi connectivity index (χ1) is 8.52. The van der Waals surface area contributed by atoms with Crippen LogP contribution in [0.2, 0.25) is 0 Å². The van der Waals surface area contributed by atoms with Gasteiger partial charge in [0, 0.05) is 5.56 Å². The number of carbonyl (C=O) groups is 1. The SMILES string of the molecule is Cc1c(C(=O)O)cccc1-c1cccc(O)c1F. The number of hydrogen-bond acceptors (Lipinski definition) is 2. The van der Waals surface area contributed by atoms with Crippen LogP contribution in [0.4, 0.5) is 4.39 Å². The Hall–Kier alpha value is -2.36. The van der Waals surface area contributed by atoms with Gasteiger partial charge in [-0.2, -0.15) is 0 Å². The van der Waals surface area contributed by atoms with Crippen molar-refractivity contribution in [1.82, 2.24) is 0 Å². The Labute approximate surface area is 103 Å². The zero-order valence-electron chi connectivity index (χ0n) is 9.64. The molecule has 0 spiro atoms. The highest BCUT2D eigenvalue weighted by molar-refractivity contribution is 5.92. The van der Waals surface area contributed by atoms with Crippen LogP contribution >= 0.6 is 0 Å². The highest BCUT2D eigenvalue weighted by Gasteiger charge is 2.15. The van der Waals surface area contributed by atoms with Gasteiger partial charge < -0.3 is 10.2 Å². The fourth-order valence-electron chi connectivity index (χ4n) is 1.89. The molecule has 0 aliphatic carbocycles. The first-order valence-corrected chi connectivity index (χ1v) is 5.33. The first-order valence-electron chi connectivity index (χ1n) is 5.33. The minimum absolute atomic E-state index is 0.121. The monoisotopic (exact) mass is 246 g/mol. The largest absolute Gasteiger partial charge is 0.505 e. The normalized spacial score (nSPS) is 10.3. The van der Waals surface area contributed by atoms with E-state index in [2.05, 4.69) is 0 Å². The van der Waals surface area contributed by atoms with Gasteiger partial charge in [-0.15, -0.1) is 0 Å². The van der Waals surface area contributed by atoms with E-state index in [-0.39, 0.29) is 11.1 Å². The predicted octanol–water partition coefficient (Wildman–Crippen LogP) is 3.20. The van der Waals surface area contributed by atoms with Crippen molar-refractivity contribution in [3.05, 3.63) is 53.3 Å². The van der Waals surface area contributed by atoms with Crippen LogP contribution in [0, 0.1) is 12.7 Å². The number of halogens is 1. The van der Waals surface area contributed by atoms with Gasteiger partial charge in [0.1, 0.15) is 0 Å². The van der Waals surface area contributed by atoms with E-state index in [0.29, 0.717) is 11.1 Å². The van der Waals surface area contributed by atoms with Crippen molar-refractivity contribution in [2.75, 3.05) is 0 Å². The van der Waals surface area contributed by atoms with Crippen LogP contribution in [0.5, 0.6) is 5.75 Å². The molecular formula is C14H11FO3. The lowest BCUT2D eigenvalue weighted by Crippen LogP contribution is -2.01. The molecule has 2 aromatic rings. The second-order valence-electron chi connectivity index (χ2n) is 3.92. The first kappa shape index (κ1) is 12.1. The highest BCUT2D eigenvalue weighted by atomic mass is 19.1. The van der Waals surface area contributed by atoms with Crippen LogP contribution < -0.4 is 0 Å². The molecule has 0 bridgehead atoms. The van der Waals surface area contributed by atoms with E-state index in [9.17, 15) is 14.3 Å². The Morgan fingerprint density at radius 1 is 1.11 bits per heavy atom. The Balaban J connectivity index is 2.69. The maximum Gasteiger partial charge on any atom is 0.335 e. The Kier molecular flexibility index (Phi) is 3.02. The number of carboxylic acid groups (broad SMARTS) is 1. The molecular weight excluding hydrogens is 235 g/mol. The third-order valence-corrected chi connectivity index (χ3v) is 2.83. The number of carboxylic acids is 1. The van der Waals surface area contributed by atoms with Crippen molar-refractivity contribution < 1.29 is 19.4 Å². The lowest BCUT2D eigenvalue weighted by molar-refractivity contribution is 0.0696. The van der Waals surface area contributed by atoms with E-state index in [1.165, 1.54) is 24.3 Å². The number of rotatable bonds is 2. The molecule has 2 aromatic carbocycles. The van der Waals surface area contributed by atoms with E-state index in [1.807, 2.05) is 0 Å². The molecule has 0 aliphatic heterocycles. The summed E-state index contributed by atoms with van der Waals surface area (Å²) in [6.07, 6.45) is 0. The van der Waals surface area contributed by atoms with Gasteiger partial charge in [-0.3, -0.25) is 0 Å². The molecule has 0 radical (unpaired) electrons. The van der Waals surface area contributed by atoms with E-state index < -0.39 is 17.5 Å². The molecule has 0 unspecified atom stereocenters. The summed E-state index contributed by atoms with van der Waals surface area (Å²) in [4.78, 5) is 11.0. The zero-order chi connectivity index (χ0) is 13.3. The van der Waals surface area contributed by atoms with Crippen molar-refractivity contribution in [2.45, 2.75) is 6.92 Å². The molecule has 0 aliphatic rings. The van der Waals surface area contributed by atoms with Crippen molar-refractivity contribution in [2.24, 2.45) is 0 Å². The molecule has 2 N–H and O–H groups in total. The highest BCUT2D eigenvalue weighted by Crippen LogP contribution is 2.31. The summed E-state index contributed by atoms with van der Waals surface area (Å²) in [6.45, 7) is 1.61. The summed E-state index contributed by atoms with van der Waals surface area (Å²) < 4.78 is 13.8. The average Bonchev–Trinajstić information content (AvgIpc) is 2.33. The summed E-state index contributed by atoms with van der Waals surface area (Å²) in [6, 6.07) is 8.90. The number of aromatic hydroxyl groups is 1. The van der Waals surface area contributed by atoms with E-state index in [0.717, 1.165) is 0 Å². The van der Waals surface area contributed by atoms with Crippen molar-refractivity contribution in [3.63, 3.8) is 0 Å². The van der Waals surface area contributed by atoms with Gasteiger partial charge in [0.15, 0.2) is 11.6 Å². The average molecular weight is 246 g/mol. The Morgan fingerprint density at radius 2 is 1.72 bits per heavy atom. The van der Waals surface area contributed by atoms with Gasteiger partial charge >= 0.3 is 5.97 Å². The third kappa shape index (κ3) is 1.93. The lowest BCUT2D eigenvalue weighted by atomic mass is 9.96. The van der Waals surface area contributed by atoms with Crippen LogP contribution in [0.3, 0.4) is 0 Å². The lowest BCUT2D eigenvalue weighted by Gasteiger charge is -2.10. The van der Waals surface area contributed by atoms with Gasteiger partial charge in [-0.25, -0.2) is 9.18 Å². The molecule has 0 atom stereocenters. The molecule has 92 valence electrons. The molecule has 0 saturated heterocycles. The number of phenols is 1. The van der Waals surface area contributed by atoms with Crippen molar-refractivity contribution >= 4 is 5.97 Å². The van der Waals surface area contributed by atoms with Crippen LogP contribution in [0.15, 0.2) is 36.4 Å². The van der Waals surface area contributed by atoms with Crippen molar-refractivity contribution in [1.29, 1.82) is 0 Å². The molecule has 0 heterocycles. The summed E-state index contributed by atoms with van der Waals surface area (Å²) >= 11 is 0. The molecule has 0 saturated carbocycles. The number of phenolic OH excluding ortho intramolecular Hbond substituents is 1. The van der Waals surface area contributed by atoms with E-state index in [4.69, 9.17) is 5.11 Å². The van der Waals surface area contributed by atoms with Crippen LogP contribution in [0.1, 0.15) is 15.9 Å².